The van der Waals surface area contributed by atoms with Gasteiger partial charge >= 0.3 is 6.18 Å². The highest BCUT2D eigenvalue weighted by Gasteiger charge is 2.33. The van der Waals surface area contributed by atoms with Crippen molar-refractivity contribution in [3.8, 4) is 0 Å². The Morgan fingerprint density at radius 2 is 1.93 bits per heavy atom. The smallest absolute Gasteiger partial charge is 0.396 e. The quantitative estimate of drug-likeness (QED) is 0.731. The van der Waals surface area contributed by atoms with Gasteiger partial charge in [-0.25, -0.2) is 4.98 Å². The molecule has 0 radical (unpaired) electrons. The highest BCUT2D eigenvalue weighted by molar-refractivity contribution is 5.72. The molecule has 0 aliphatic heterocycles. The lowest BCUT2D eigenvalue weighted by Gasteiger charge is -2.10. The van der Waals surface area contributed by atoms with Crippen LogP contribution in [0.1, 0.15) is 5.56 Å². The summed E-state index contributed by atoms with van der Waals surface area (Å²) in [5, 5.41) is 0. The van der Waals surface area contributed by atoms with Crippen LogP contribution < -0.4 is 11.5 Å². The molecule has 0 spiro atoms. The summed E-state index contributed by atoms with van der Waals surface area (Å²) in [6.45, 7) is 2.91. The Kier molecular flexibility index (Phi) is 2.37. The van der Waals surface area contributed by atoms with Gasteiger partial charge < -0.3 is 11.5 Å². The molecular formula is C8H8F3N3. The van der Waals surface area contributed by atoms with Crippen LogP contribution in [0.4, 0.5) is 24.7 Å². The van der Waals surface area contributed by atoms with Crippen LogP contribution in [-0.4, -0.2) is 11.2 Å². The van der Waals surface area contributed by atoms with E-state index in [4.69, 9.17) is 11.5 Å². The Bertz CT molecular complexity index is 371. The van der Waals surface area contributed by atoms with Crippen LogP contribution in [0.3, 0.4) is 0 Å². The second-order valence-corrected chi connectivity index (χ2v) is 2.67. The third-order valence-electron chi connectivity index (χ3n) is 1.64. The molecule has 0 bridgehead atoms. The zero-order valence-electron chi connectivity index (χ0n) is 7.10. The number of rotatable bonds is 1. The van der Waals surface area contributed by atoms with Crippen LogP contribution in [-0.2, 0) is 0 Å². The second kappa shape index (κ2) is 3.21. The number of hydrogen-bond acceptors (Lipinski definition) is 3. The molecule has 0 unspecified atom stereocenters. The largest absolute Gasteiger partial charge is 0.416 e. The van der Waals surface area contributed by atoms with Crippen molar-refractivity contribution >= 4 is 17.1 Å². The van der Waals surface area contributed by atoms with Gasteiger partial charge in [-0.3, -0.25) is 0 Å². The van der Waals surface area contributed by atoms with E-state index in [2.05, 4.69) is 11.6 Å². The number of aromatic nitrogens is 1. The Morgan fingerprint density at radius 1 is 1.36 bits per heavy atom. The maximum Gasteiger partial charge on any atom is 0.416 e. The first-order valence-electron chi connectivity index (χ1n) is 3.60. The number of pyridine rings is 1. The molecule has 0 saturated carbocycles. The molecular weight excluding hydrogens is 195 g/mol. The van der Waals surface area contributed by atoms with Gasteiger partial charge in [0.25, 0.3) is 0 Å². The fourth-order valence-corrected chi connectivity index (χ4v) is 0.821. The Labute approximate surface area is 78.2 Å². The molecule has 0 saturated heterocycles. The molecule has 1 rings (SSSR count). The maximum absolute atomic E-state index is 12.2. The minimum Gasteiger partial charge on any atom is -0.396 e. The van der Waals surface area contributed by atoms with Gasteiger partial charge in [0.15, 0.2) is 0 Å². The van der Waals surface area contributed by atoms with Gasteiger partial charge in [-0.15, -0.1) is 0 Å². The van der Waals surface area contributed by atoms with Crippen molar-refractivity contribution in [3.63, 3.8) is 0 Å². The number of nitrogens with zero attached hydrogens (tertiary/aromatic N) is 1. The van der Waals surface area contributed by atoms with E-state index in [1.165, 1.54) is 0 Å². The van der Waals surface area contributed by atoms with Crippen LogP contribution in [0.2, 0.25) is 0 Å². The average molecular weight is 203 g/mol. The maximum atomic E-state index is 12.2. The average Bonchev–Trinajstić information content (AvgIpc) is 2.07. The van der Waals surface area contributed by atoms with E-state index in [0.717, 1.165) is 12.3 Å². The van der Waals surface area contributed by atoms with Crippen LogP contribution in [0.5, 0.6) is 0 Å². The van der Waals surface area contributed by atoms with Crippen molar-refractivity contribution in [3.05, 3.63) is 24.4 Å². The van der Waals surface area contributed by atoms with E-state index >= 15 is 0 Å². The zero-order chi connectivity index (χ0) is 10.9. The number of allylic oxidation sites excluding steroid dienone is 1. The molecule has 14 heavy (non-hydrogen) atoms. The lowest BCUT2D eigenvalue weighted by molar-refractivity contribution is -0.0686. The summed E-state index contributed by atoms with van der Waals surface area (Å²) in [6.07, 6.45) is -3.49. The standard InChI is InChI=1S/C8H8F3N3/c1-4(8(9,10)11)5-2-6(12)7(13)14-3-5/h2-3H,1,12H2,(H2,13,14). The summed E-state index contributed by atoms with van der Waals surface area (Å²) in [4.78, 5) is 3.51. The minimum atomic E-state index is -4.48. The normalized spacial score (nSPS) is 11.4. The second-order valence-electron chi connectivity index (χ2n) is 2.67. The molecule has 4 N–H and O–H groups in total. The molecule has 0 fully saturated rings. The van der Waals surface area contributed by atoms with Crippen molar-refractivity contribution in [1.29, 1.82) is 0 Å². The van der Waals surface area contributed by atoms with Gasteiger partial charge in [0, 0.05) is 11.8 Å². The molecule has 3 nitrogen and oxygen atoms in total. The van der Waals surface area contributed by atoms with E-state index in [1.54, 1.807) is 0 Å². The van der Waals surface area contributed by atoms with E-state index in [1.807, 2.05) is 0 Å². The summed E-state index contributed by atoms with van der Waals surface area (Å²) in [7, 11) is 0. The Morgan fingerprint density at radius 3 is 2.36 bits per heavy atom. The third-order valence-corrected chi connectivity index (χ3v) is 1.64. The monoisotopic (exact) mass is 203 g/mol. The van der Waals surface area contributed by atoms with Crippen LogP contribution >= 0.6 is 0 Å². The fourth-order valence-electron chi connectivity index (χ4n) is 0.821. The fraction of sp³-hybridized carbons (Fsp3) is 0.125. The lowest BCUT2D eigenvalue weighted by Crippen LogP contribution is -2.10. The van der Waals surface area contributed by atoms with Crippen LogP contribution in [0.25, 0.3) is 5.57 Å². The minimum absolute atomic E-state index is 0.00345. The molecule has 0 aromatic carbocycles. The summed E-state index contributed by atoms with van der Waals surface area (Å²) in [6, 6.07) is 1.10. The first kappa shape index (κ1) is 10.4. The van der Waals surface area contributed by atoms with Crippen LogP contribution in [0.15, 0.2) is 18.8 Å². The molecule has 0 amide bonds. The van der Waals surface area contributed by atoms with Gasteiger partial charge in [-0.2, -0.15) is 13.2 Å². The Balaban J connectivity index is 3.10. The number of halogens is 3. The molecule has 1 heterocycles. The number of alkyl halides is 3. The first-order valence-corrected chi connectivity index (χ1v) is 3.60. The molecule has 0 atom stereocenters. The van der Waals surface area contributed by atoms with Crippen molar-refractivity contribution in [2.24, 2.45) is 0 Å². The molecule has 6 heteroatoms. The predicted molar refractivity (Wildman–Crippen MR) is 48.2 cm³/mol. The highest BCUT2D eigenvalue weighted by Crippen LogP contribution is 2.32. The van der Waals surface area contributed by atoms with Crippen molar-refractivity contribution in [2.45, 2.75) is 6.18 Å². The van der Waals surface area contributed by atoms with Gasteiger partial charge in [0.1, 0.15) is 5.82 Å². The number of nitrogen functional groups attached to an aromatic ring is 2. The van der Waals surface area contributed by atoms with E-state index < -0.39 is 11.7 Å². The number of nitrogens with two attached hydrogens (primary N) is 2. The topological polar surface area (TPSA) is 64.9 Å². The summed E-state index contributed by atoms with van der Waals surface area (Å²) >= 11 is 0. The van der Waals surface area contributed by atoms with Gasteiger partial charge in [0.2, 0.25) is 0 Å². The third kappa shape index (κ3) is 1.95. The van der Waals surface area contributed by atoms with Crippen molar-refractivity contribution in [2.75, 3.05) is 11.5 Å². The number of hydrogen-bond donors (Lipinski definition) is 2. The highest BCUT2D eigenvalue weighted by atomic mass is 19.4. The molecule has 1 aromatic rings. The number of anilines is 2. The van der Waals surface area contributed by atoms with Gasteiger partial charge in [-0.1, -0.05) is 6.58 Å². The first-order chi connectivity index (χ1) is 6.32. The van der Waals surface area contributed by atoms with Crippen LogP contribution in [0, 0.1) is 0 Å². The van der Waals surface area contributed by atoms with Gasteiger partial charge in [-0.05, 0) is 6.07 Å². The SMILES string of the molecule is C=C(c1cnc(N)c(N)c1)C(F)(F)F. The predicted octanol–water partition coefficient (Wildman–Crippen LogP) is 1.82. The van der Waals surface area contributed by atoms with E-state index in [9.17, 15) is 13.2 Å². The van der Waals surface area contributed by atoms with E-state index in [-0.39, 0.29) is 17.1 Å². The zero-order valence-corrected chi connectivity index (χ0v) is 7.10. The molecule has 1 aromatic heterocycles. The summed E-state index contributed by atoms with van der Waals surface area (Å²) in [5.74, 6) is 0.00345. The van der Waals surface area contributed by atoms with Crippen molar-refractivity contribution in [1.82, 2.24) is 4.98 Å². The molecule has 0 aliphatic carbocycles. The Hall–Kier alpha value is -1.72. The summed E-state index contributed by atoms with van der Waals surface area (Å²) < 4.78 is 36.5. The summed E-state index contributed by atoms with van der Waals surface area (Å²) in [5.41, 5.74) is 9.40. The van der Waals surface area contributed by atoms with Gasteiger partial charge in [0.05, 0.1) is 11.3 Å². The molecule has 76 valence electrons. The molecule has 0 aliphatic rings. The lowest BCUT2D eigenvalue weighted by atomic mass is 10.1. The van der Waals surface area contributed by atoms with E-state index in [0.29, 0.717) is 0 Å². The van der Waals surface area contributed by atoms with Crippen molar-refractivity contribution < 1.29 is 13.2 Å².